The molecule has 3 aromatic heterocycles. The van der Waals surface area contributed by atoms with Gasteiger partial charge in [-0.1, -0.05) is 11.8 Å². The van der Waals surface area contributed by atoms with Crippen LogP contribution in [-0.4, -0.2) is 48.6 Å². The van der Waals surface area contributed by atoms with E-state index < -0.39 is 5.60 Å². The highest BCUT2D eigenvalue weighted by molar-refractivity contribution is 5.97. The molecule has 0 aromatic carbocycles. The Bertz CT molecular complexity index is 1160. The maximum atomic E-state index is 12.1. The number of nitrogens with one attached hydrogen (secondary N) is 2. The molecule has 0 saturated heterocycles. The highest BCUT2D eigenvalue weighted by atomic mass is 16.3. The largest absolute Gasteiger partial charge is 0.389 e. The summed E-state index contributed by atoms with van der Waals surface area (Å²) >= 11 is 0. The van der Waals surface area contributed by atoms with Crippen LogP contribution in [-0.2, 0) is 11.3 Å². The number of fused-ring (bicyclic) bond motifs is 1. The van der Waals surface area contributed by atoms with Gasteiger partial charge in [0.1, 0.15) is 5.52 Å². The fourth-order valence-corrected chi connectivity index (χ4v) is 3.00. The molecule has 0 spiro atoms. The molecule has 0 bridgehead atoms. The summed E-state index contributed by atoms with van der Waals surface area (Å²) in [4.78, 5) is 16.4. The number of hydrogen-bond donors (Lipinski definition) is 3. The topological polar surface area (TPSA) is 118 Å². The lowest BCUT2D eigenvalue weighted by atomic mass is 10.1. The Morgan fingerprint density at radius 2 is 2.10 bits per heavy atom. The van der Waals surface area contributed by atoms with E-state index in [1.165, 1.54) is 0 Å². The first-order valence-electron chi connectivity index (χ1n) is 9.74. The van der Waals surface area contributed by atoms with Gasteiger partial charge >= 0.3 is 0 Å². The first-order chi connectivity index (χ1) is 14.3. The van der Waals surface area contributed by atoms with Gasteiger partial charge in [-0.25, -0.2) is 4.98 Å². The fourth-order valence-electron chi connectivity index (χ4n) is 3.00. The van der Waals surface area contributed by atoms with Crippen LogP contribution in [0, 0.1) is 17.8 Å². The molecule has 9 heteroatoms. The summed E-state index contributed by atoms with van der Waals surface area (Å²) in [7, 11) is 1.76. The van der Waals surface area contributed by atoms with E-state index in [1.54, 1.807) is 50.2 Å². The van der Waals surface area contributed by atoms with Crippen molar-refractivity contribution in [3.8, 4) is 11.8 Å². The minimum atomic E-state index is -0.861. The third-order valence-electron chi connectivity index (χ3n) is 4.59. The van der Waals surface area contributed by atoms with E-state index >= 15 is 0 Å². The number of aliphatic hydroxyl groups is 1. The quantitative estimate of drug-likeness (QED) is 0.554. The van der Waals surface area contributed by atoms with Crippen LogP contribution in [0.4, 0.5) is 11.6 Å². The van der Waals surface area contributed by atoms with E-state index in [2.05, 4.69) is 42.8 Å². The molecule has 3 aromatic rings. The van der Waals surface area contributed by atoms with Crippen molar-refractivity contribution < 1.29 is 9.90 Å². The Morgan fingerprint density at radius 1 is 1.30 bits per heavy atom. The molecule has 3 N–H and O–H groups in total. The molecule has 9 nitrogen and oxygen atoms in total. The van der Waals surface area contributed by atoms with Crippen molar-refractivity contribution in [2.24, 2.45) is 5.92 Å². The first kappa shape index (κ1) is 19.8. The van der Waals surface area contributed by atoms with Crippen molar-refractivity contribution >= 4 is 28.4 Å². The van der Waals surface area contributed by atoms with Gasteiger partial charge in [0.05, 0.1) is 29.5 Å². The van der Waals surface area contributed by atoms with Crippen LogP contribution in [0.1, 0.15) is 37.8 Å². The zero-order valence-electron chi connectivity index (χ0n) is 17.1. The molecule has 4 rings (SSSR count). The Morgan fingerprint density at radius 3 is 2.80 bits per heavy atom. The number of carbonyl (C=O) groups excluding carboxylic acids is 1. The maximum Gasteiger partial charge on any atom is 0.228 e. The second-order valence-electron chi connectivity index (χ2n) is 8.01. The summed E-state index contributed by atoms with van der Waals surface area (Å²) in [5.74, 6) is 7.21. The predicted molar refractivity (Wildman–Crippen MR) is 113 cm³/mol. The predicted octanol–water partition coefficient (Wildman–Crippen LogP) is 1.78. The monoisotopic (exact) mass is 405 g/mol. The number of rotatable bonds is 5. The summed E-state index contributed by atoms with van der Waals surface area (Å²) in [5, 5.41) is 29.1. The lowest BCUT2D eigenvalue weighted by molar-refractivity contribution is -0.117. The van der Waals surface area contributed by atoms with Crippen molar-refractivity contribution in [1.82, 2.24) is 25.0 Å². The van der Waals surface area contributed by atoms with E-state index in [-0.39, 0.29) is 11.8 Å². The molecule has 30 heavy (non-hydrogen) atoms. The van der Waals surface area contributed by atoms with Crippen LogP contribution < -0.4 is 10.6 Å². The third-order valence-corrected chi connectivity index (χ3v) is 4.59. The molecule has 1 saturated carbocycles. The van der Waals surface area contributed by atoms with E-state index in [4.69, 9.17) is 0 Å². The summed E-state index contributed by atoms with van der Waals surface area (Å²) in [6, 6.07) is 1.77. The van der Waals surface area contributed by atoms with Crippen molar-refractivity contribution in [2.75, 3.05) is 17.7 Å². The third kappa shape index (κ3) is 4.55. The average molecular weight is 405 g/mol. The minimum absolute atomic E-state index is 0.0293. The number of anilines is 2. The lowest BCUT2D eigenvalue weighted by Gasteiger charge is -2.16. The Hall–Kier alpha value is -3.51. The maximum absolute atomic E-state index is 12.1. The number of amides is 1. The smallest absolute Gasteiger partial charge is 0.228 e. The van der Waals surface area contributed by atoms with Crippen LogP contribution in [0.2, 0.25) is 0 Å². The number of hydrogen-bond acceptors (Lipinski definition) is 7. The number of nitrogens with zero attached hydrogens (tertiary/aromatic N) is 5. The first-order valence-corrected chi connectivity index (χ1v) is 9.74. The summed E-state index contributed by atoms with van der Waals surface area (Å²) in [6.07, 6.45) is 6.93. The summed E-state index contributed by atoms with van der Waals surface area (Å²) in [6.45, 7) is 3.82. The van der Waals surface area contributed by atoms with Crippen molar-refractivity contribution in [2.45, 2.75) is 38.8 Å². The SMILES string of the molecule is CNc1ncc(C#Cc2cnn(CC(C)(C)O)c2)c2cc(NC(=O)C3CC3)nnc12. The van der Waals surface area contributed by atoms with E-state index in [1.807, 2.05) is 0 Å². The zero-order chi connectivity index (χ0) is 21.3. The molecule has 0 atom stereocenters. The molecule has 1 aliphatic rings. The molecule has 1 fully saturated rings. The molecule has 154 valence electrons. The van der Waals surface area contributed by atoms with Gasteiger partial charge in [0.15, 0.2) is 11.6 Å². The molecule has 1 aliphatic carbocycles. The van der Waals surface area contributed by atoms with Crippen LogP contribution in [0.3, 0.4) is 0 Å². The Balaban J connectivity index is 1.66. The summed E-state index contributed by atoms with van der Waals surface area (Å²) in [5.41, 5.74) is 1.09. The fraction of sp³-hybridized carbons (Fsp3) is 0.381. The van der Waals surface area contributed by atoms with Gasteiger partial charge in [0, 0.05) is 30.7 Å². The van der Waals surface area contributed by atoms with Gasteiger partial charge < -0.3 is 15.7 Å². The van der Waals surface area contributed by atoms with Gasteiger partial charge in [-0.3, -0.25) is 9.48 Å². The molecule has 0 unspecified atom stereocenters. The zero-order valence-corrected chi connectivity index (χ0v) is 17.1. The average Bonchev–Trinajstić information content (AvgIpc) is 3.46. The molecule has 0 radical (unpaired) electrons. The number of aromatic nitrogens is 5. The normalized spacial score (nSPS) is 13.6. The van der Waals surface area contributed by atoms with Gasteiger partial charge in [0.2, 0.25) is 5.91 Å². The van der Waals surface area contributed by atoms with Crippen LogP contribution in [0.25, 0.3) is 10.9 Å². The summed E-state index contributed by atoms with van der Waals surface area (Å²) < 4.78 is 1.65. The number of pyridine rings is 1. The van der Waals surface area contributed by atoms with Gasteiger partial charge in [-0.2, -0.15) is 5.10 Å². The second-order valence-corrected chi connectivity index (χ2v) is 8.01. The van der Waals surface area contributed by atoms with E-state index in [0.717, 1.165) is 23.8 Å². The Kier molecular flexibility index (Phi) is 5.10. The van der Waals surface area contributed by atoms with Crippen molar-refractivity contribution in [1.29, 1.82) is 0 Å². The Labute approximate surface area is 173 Å². The van der Waals surface area contributed by atoms with Gasteiger partial charge in [-0.05, 0) is 32.8 Å². The van der Waals surface area contributed by atoms with Gasteiger partial charge in [0.25, 0.3) is 0 Å². The second kappa shape index (κ2) is 7.72. The lowest BCUT2D eigenvalue weighted by Crippen LogP contribution is -2.26. The van der Waals surface area contributed by atoms with E-state index in [9.17, 15) is 9.90 Å². The van der Waals surface area contributed by atoms with Crippen LogP contribution >= 0.6 is 0 Å². The standard InChI is InChI=1S/C21H23N7O2/c1-21(2,30)12-28-11-13(9-24-28)4-5-15-10-23-19(22-3)18-16(15)8-17(26-27-18)25-20(29)14-6-7-14/h8-11,14,30H,6-7,12H2,1-3H3,(H,22,23)(H,25,26,29). The van der Waals surface area contributed by atoms with Gasteiger partial charge in [-0.15, -0.1) is 10.2 Å². The van der Waals surface area contributed by atoms with E-state index in [0.29, 0.717) is 29.3 Å². The molecule has 1 amide bonds. The number of carbonyl (C=O) groups is 1. The molecule has 3 heterocycles. The molecule has 0 aliphatic heterocycles. The van der Waals surface area contributed by atoms with Crippen molar-refractivity contribution in [3.05, 3.63) is 35.8 Å². The van der Waals surface area contributed by atoms with Crippen LogP contribution in [0.15, 0.2) is 24.7 Å². The highest BCUT2D eigenvalue weighted by Gasteiger charge is 2.30. The molecular formula is C21H23N7O2. The minimum Gasteiger partial charge on any atom is -0.389 e. The van der Waals surface area contributed by atoms with Crippen molar-refractivity contribution in [3.63, 3.8) is 0 Å². The van der Waals surface area contributed by atoms with Crippen LogP contribution in [0.5, 0.6) is 0 Å². The molecular weight excluding hydrogens is 382 g/mol. The highest BCUT2D eigenvalue weighted by Crippen LogP contribution is 2.30.